The average molecular weight is 502 g/mol. The monoisotopic (exact) mass is 501 g/mol. The topological polar surface area (TPSA) is 163 Å². The molecule has 0 atom stereocenters. The average Bonchev–Trinajstić information content (AvgIpc) is 3.21. The number of fused-ring (bicyclic) bond motifs is 3. The highest BCUT2D eigenvalue weighted by Crippen LogP contribution is 2.49. The van der Waals surface area contributed by atoms with Gasteiger partial charge in [-0.05, 0) is 29.2 Å². The van der Waals surface area contributed by atoms with Gasteiger partial charge in [0, 0.05) is 41.9 Å². The number of nitrogens with one attached hydrogen (secondary N) is 1. The summed E-state index contributed by atoms with van der Waals surface area (Å²) in [6.07, 6.45) is 8.78. The fourth-order valence-electron chi connectivity index (χ4n) is 4.58. The zero-order valence-electron chi connectivity index (χ0n) is 20.6. The first kappa shape index (κ1) is 27.0. The van der Waals surface area contributed by atoms with Gasteiger partial charge in [0.15, 0.2) is 0 Å². The number of allylic oxidation sites excluding steroid dienone is 1. The van der Waals surface area contributed by atoms with Crippen molar-refractivity contribution in [2.75, 3.05) is 6.54 Å². The summed E-state index contributed by atoms with van der Waals surface area (Å²) in [6.45, 7) is 2.56. The molecule has 10 nitrogen and oxygen atoms in total. The van der Waals surface area contributed by atoms with E-state index in [4.69, 9.17) is 0 Å². The van der Waals surface area contributed by atoms with E-state index in [1.807, 2.05) is 0 Å². The van der Waals surface area contributed by atoms with Gasteiger partial charge < -0.3 is 5.32 Å². The maximum atomic E-state index is 13.2. The highest BCUT2D eigenvalue weighted by molar-refractivity contribution is 6.12. The maximum Gasteiger partial charge on any atom is 0.270 e. The minimum absolute atomic E-state index is 0.0177. The Morgan fingerprint density at radius 3 is 2.03 bits per heavy atom. The van der Waals surface area contributed by atoms with Gasteiger partial charge in [0.2, 0.25) is 0 Å². The standard InChI is InChI=1S/C27H27N5O5/c1-2-3-4-5-6-7-8-9-12-30-27(33)24-15-20(32(36)37)14-23-25(18(16-28)17-29)22-13-19(31(34)35)10-11-21(22)26(23)24/h10-11,13-15H,2-9,12H2,1H3,(H,30,33). The summed E-state index contributed by atoms with van der Waals surface area (Å²) in [5.41, 5.74) is 0.114. The summed E-state index contributed by atoms with van der Waals surface area (Å²) in [6, 6.07) is 9.81. The van der Waals surface area contributed by atoms with Crippen molar-refractivity contribution in [1.82, 2.24) is 5.32 Å². The molecule has 10 heteroatoms. The molecule has 1 N–H and O–H groups in total. The molecule has 37 heavy (non-hydrogen) atoms. The molecule has 0 fully saturated rings. The normalized spacial score (nSPS) is 11.2. The Hall–Kier alpha value is -4.57. The van der Waals surface area contributed by atoms with Crippen LogP contribution in [0.4, 0.5) is 11.4 Å². The summed E-state index contributed by atoms with van der Waals surface area (Å²) in [5, 5.41) is 45.0. The molecule has 1 amide bonds. The van der Waals surface area contributed by atoms with E-state index in [1.165, 1.54) is 49.9 Å². The molecule has 0 bridgehead atoms. The quantitative estimate of drug-likeness (QED) is 0.133. The van der Waals surface area contributed by atoms with Crippen molar-refractivity contribution in [3.05, 3.63) is 72.8 Å². The first-order valence-corrected chi connectivity index (χ1v) is 12.3. The van der Waals surface area contributed by atoms with Crippen LogP contribution in [0.5, 0.6) is 0 Å². The predicted molar refractivity (Wildman–Crippen MR) is 137 cm³/mol. The highest BCUT2D eigenvalue weighted by atomic mass is 16.6. The Labute approximate surface area is 214 Å². The van der Waals surface area contributed by atoms with Crippen LogP contribution in [0.2, 0.25) is 0 Å². The van der Waals surface area contributed by atoms with Crippen LogP contribution in [0.1, 0.15) is 79.8 Å². The van der Waals surface area contributed by atoms with Crippen LogP contribution < -0.4 is 5.32 Å². The molecule has 0 saturated heterocycles. The van der Waals surface area contributed by atoms with E-state index < -0.39 is 15.8 Å². The van der Waals surface area contributed by atoms with Crippen LogP contribution in [-0.2, 0) is 0 Å². The number of unbranched alkanes of at least 4 members (excludes halogenated alkanes) is 7. The molecule has 0 spiro atoms. The molecule has 0 aromatic heterocycles. The number of rotatable bonds is 12. The molecule has 2 aromatic carbocycles. The maximum absolute atomic E-state index is 13.2. The van der Waals surface area contributed by atoms with Gasteiger partial charge in [-0.1, -0.05) is 51.9 Å². The lowest BCUT2D eigenvalue weighted by Gasteiger charge is -2.11. The lowest BCUT2D eigenvalue weighted by atomic mass is 9.96. The number of amides is 1. The Balaban J connectivity index is 1.94. The number of benzene rings is 2. The predicted octanol–water partition coefficient (Wildman–Crippen LogP) is 6.20. The van der Waals surface area contributed by atoms with Gasteiger partial charge in [-0.2, -0.15) is 10.5 Å². The van der Waals surface area contributed by atoms with Crippen LogP contribution in [0.25, 0.3) is 16.7 Å². The lowest BCUT2D eigenvalue weighted by molar-refractivity contribution is -0.385. The van der Waals surface area contributed by atoms with Crippen LogP contribution in [0, 0.1) is 42.9 Å². The van der Waals surface area contributed by atoms with Crippen molar-refractivity contribution in [1.29, 1.82) is 10.5 Å². The Bertz CT molecular complexity index is 1330. The van der Waals surface area contributed by atoms with Crippen LogP contribution in [0.3, 0.4) is 0 Å². The molecule has 0 radical (unpaired) electrons. The van der Waals surface area contributed by atoms with Crippen molar-refractivity contribution in [3.8, 4) is 23.3 Å². The Morgan fingerprint density at radius 1 is 0.838 bits per heavy atom. The Kier molecular flexibility index (Phi) is 9.06. The van der Waals surface area contributed by atoms with Crippen LogP contribution >= 0.6 is 0 Å². The number of hydrogen-bond donors (Lipinski definition) is 1. The van der Waals surface area contributed by atoms with Crippen molar-refractivity contribution >= 4 is 22.9 Å². The minimum atomic E-state index is -0.656. The first-order valence-electron chi connectivity index (χ1n) is 12.3. The third-order valence-corrected chi connectivity index (χ3v) is 6.39. The SMILES string of the molecule is CCCCCCCCCCNC(=O)c1cc([N+](=O)[O-])cc2c1-c1ccc([N+](=O)[O-])cc1C2=C(C#N)C#N. The second kappa shape index (κ2) is 12.4. The second-order valence-electron chi connectivity index (χ2n) is 8.86. The van der Waals surface area contributed by atoms with Gasteiger partial charge in [0.25, 0.3) is 17.3 Å². The summed E-state index contributed by atoms with van der Waals surface area (Å²) < 4.78 is 0. The molecule has 0 aliphatic heterocycles. The van der Waals surface area contributed by atoms with Gasteiger partial charge in [-0.3, -0.25) is 25.0 Å². The van der Waals surface area contributed by atoms with Gasteiger partial charge in [0.05, 0.1) is 15.4 Å². The molecule has 190 valence electrons. The van der Waals surface area contributed by atoms with Gasteiger partial charge in [-0.15, -0.1) is 0 Å². The van der Waals surface area contributed by atoms with Crippen molar-refractivity contribution in [2.24, 2.45) is 0 Å². The fourth-order valence-corrected chi connectivity index (χ4v) is 4.58. The van der Waals surface area contributed by atoms with E-state index in [1.54, 1.807) is 12.1 Å². The number of nitro benzene ring substituents is 2. The van der Waals surface area contributed by atoms with Crippen molar-refractivity contribution in [3.63, 3.8) is 0 Å². The number of nitro groups is 2. The highest BCUT2D eigenvalue weighted by Gasteiger charge is 2.34. The number of carbonyl (C=O) groups is 1. The number of carbonyl (C=O) groups excluding carboxylic acids is 1. The molecular formula is C27H27N5O5. The zero-order valence-corrected chi connectivity index (χ0v) is 20.6. The van der Waals surface area contributed by atoms with E-state index in [2.05, 4.69) is 12.2 Å². The van der Waals surface area contributed by atoms with Crippen LogP contribution in [-0.4, -0.2) is 22.3 Å². The third kappa shape index (κ3) is 5.99. The molecule has 1 aliphatic rings. The van der Waals surface area contributed by atoms with Gasteiger partial charge >= 0.3 is 0 Å². The largest absolute Gasteiger partial charge is 0.352 e. The van der Waals surface area contributed by atoms with Crippen molar-refractivity contribution < 1.29 is 14.6 Å². The van der Waals surface area contributed by atoms with E-state index in [0.29, 0.717) is 17.7 Å². The molecule has 0 unspecified atom stereocenters. The molecular weight excluding hydrogens is 474 g/mol. The summed E-state index contributed by atoms with van der Waals surface area (Å²) in [5.74, 6) is -0.524. The van der Waals surface area contributed by atoms with Crippen LogP contribution in [0.15, 0.2) is 35.9 Å². The summed E-state index contributed by atoms with van der Waals surface area (Å²) >= 11 is 0. The zero-order chi connectivity index (χ0) is 26.9. The molecule has 1 aliphatic carbocycles. The molecule has 3 rings (SSSR count). The Morgan fingerprint density at radius 2 is 1.43 bits per heavy atom. The second-order valence-corrected chi connectivity index (χ2v) is 8.86. The summed E-state index contributed by atoms with van der Waals surface area (Å²) in [7, 11) is 0. The van der Waals surface area contributed by atoms with E-state index in [-0.39, 0.29) is 39.2 Å². The first-order chi connectivity index (χ1) is 17.8. The third-order valence-electron chi connectivity index (χ3n) is 6.39. The number of non-ortho nitro benzene ring substituents is 2. The number of hydrogen-bond acceptors (Lipinski definition) is 7. The molecule has 2 aromatic rings. The number of nitriles is 2. The fraction of sp³-hybridized carbons (Fsp3) is 0.370. The molecule has 0 heterocycles. The lowest BCUT2D eigenvalue weighted by Crippen LogP contribution is -2.25. The van der Waals surface area contributed by atoms with E-state index >= 15 is 0 Å². The van der Waals surface area contributed by atoms with Gasteiger partial charge in [0.1, 0.15) is 17.7 Å². The van der Waals surface area contributed by atoms with E-state index in [9.17, 15) is 35.5 Å². The van der Waals surface area contributed by atoms with E-state index in [0.717, 1.165) is 31.7 Å². The minimum Gasteiger partial charge on any atom is -0.352 e. The number of nitrogens with zero attached hydrogens (tertiary/aromatic N) is 4. The summed E-state index contributed by atoms with van der Waals surface area (Å²) in [4.78, 5) is 35.0. The smallest absolute Gasteiger partial charge is 0.270 e. The van der Waals surface area contributed by atoms with Gasteiger partial charge in [-0.25, -0.2) is 0 Å². The molecule has 0 saturated carbocycles. The van der Waals surface area contributed by atoms with Crippen molar-refractivity contribution in [2.45, 2.75) is 58.3 Å².